The van der Waals surface area contributed by atoms with Crippen LogP contribution in [0.3, 0.4) is 0 Å². The number of unbranched alkanes of at least 4 members (excludes halogenated alkanes) is 1. The molecule has 0 saturated heterocycles. The molecule has 1 heterocycles. The van der Waals surface area contributed by atoms with Crippen LogP contribution in [0.5, 0.6) is 5.75 Å². The lowest BCUT2D eigenvalue weighted by Gasteiger charge is -2.26. The fourth-order valence-electron chi connectivity index (χ4n) is 3.43. The van der Waals surface area contributed by atoms with Crippen molar-refractivity contribution in [1.82, 2.24) is 0 Å². The van der Waals surface area contributed by atoms with E-state index in [4.69, 9.17) is 4.74 Å². The summed E-state index contributed by atoms with van der Waals surface area (Å²) in [6.45, 7) is 10.5. The first-order chi connectivity index (χ1) is 11.1. The fourth-order valence-corrected chi connectivity index (χ4v) is 3.43. The van der Waals surface area contributed by atoms with E-state index in [1.807, 2.05) is 12.1 Å². The first-order valence-electron chi connectivity index (χ1n) is 9.04. The van der Waals surface area contributed by atoms with Gasteiger partial charge in [-0.05, 0) is 38.8 Å². The van der Waals surface area contributed by atoms with Crippen LogP contribution in [0.25, 0.3) is 0 Å². The number of hydrogen-bond acceptors (Lipinski definition) is 2. The van der Waals surface area contributed by atoms with E-state index < -0.39 is 0 Å². The Hall–Kier alpha value is -1.55. The Balaban J connectivity index is 2.14. The molecule has 4 heteroatoms. The van der Waals surface area contributed by atoms with Gasteiger partial charge in [0.2, 0.25) is 0 Å². The highest BCUT2D eigenvalue weighted by Crippen LogP contribution is 2.36. The first-order valence-corrected chi connectivity index (χ1v) is 9.04. The van der Waals surface area contributed by atoms with Gasteiger partial charge < -0.3 is 15.0 Å². The van der Waals surface area contributed by atoms with E-state index >= 15 is 0 Å². The number of amides is 1. The number of likely N-dealkylation sites (N-methyl/N-ethyl adjacent to an activating group) is 1. The molecule has 2 rings (SSSR count). The number of nitrogens with one attached hydrogen (secondary N) is 2. The molecule has 4 nitrogen and oxygen atoms in total. The third-order valence-corrected chi connectivity index (χ3v) is 4.74. The van der Waals surface area contributed by atoms with Crippen LogP contribution in [0, 0.1) is 0 Å². The molecule has 0 radical (unpaired) electrons. The maximum absolute atomic E-state index is 12.9. The average Bonchev–Trinajstić information content (AvgIpc) is 2.92. The van der Waals surface area contributed by atoms with Crippen LogP contribution in [0.4, 0.5) is 5.69 Å². The van der Waals surface area contributed by atoms with Crippen molar-refractivity contribution in [1.29, 1.82) is 0 Å². The van der Waals surface area contributed by atoms with Crippen molar-refractivity contribution in [3.05, 3.63) is 23.8 Å². The van der Waals surface area contributed by atoms with E-state index in [0.29, 0.717) is 0 Å². The standard InChI is InChI=1S/C19H30N2O2/c1-5-8-12-17(21(6-2)7-3)19(22)20-16-11-9-10-15-13-14(4)23-18(15)16/h9-11,14,17H,5-8,12-13H2,1-4H3,(H,20,22)/p+1/t14-,17+/m1/s1. The minimum atomic E-state index is 0.0135. The zero-order valence-electron chi connectivity index (χ0n) is 14.9. The minimum Gasteiger partial charge on any atom is -0.488 e. The lowest BCUT2D eigenvalue weighted by Crippen LogP contribution is -3.16. The number of fused-ring (bicyclic) bond motifs is 1. The largest absolute Gasteiger partial charge is 0.488 e. The van der Waals surface area contributed by atoms with Crippen LogP contribution in [-0.4, -0.2) is 31.1 Å². The predicted molar refractivity (Wildman–Crippen MR) is 94.2 cm³/mol. The lowest BCUT2D eigenvalue weighted by atomic mass is 10.1. The van der Waals surface area contributed by atoms with Gasteiger partial charge in [0.05, 0.1) is 18.8 Å². The highest BCUT2D eigenvalue weighted by atomic mass is 16.5. The zero-order valence-corrected chi connectivity index (χ0v) is 14.9. The SMILES string of the molecule is CCCC[C@@H](C(=O)Nc1cccc2c1O[C@H](C)C2)[NH+](CC)CC. The number of carbonyl (C=O) groups is 1. The molecule has 0 bridgehead atoms. The van der Waals surface area contributed by atoms with Crippen molar-refractivity contribution in [2.45, 2.75) is 65.5 Å². The summed E-state index contributed by atoms with van der Waals surface area (Å²) in [5, 5.41) is 3.14. The lowest BCUT2D eigenvalue weighted by molar-refractivity contribution is -0.912. The number of hydrogen-bond donors (Lipinski definition) is 2. The minimum absolute atomic E-state index is 0.0135. The Bertz CT molecular complexity index is 526. The molecule has 2 N–H and O–H groups in total. The Labute approximate surface area is 140 Å². The van der Waals surface area contributed by atoms with Crippen molar-refractivity contribution in [2.75, 3.05) is 18.4 Å². The van der Waals surface area contributed by atoms with Crippen LogP contribution >= 0.6 is 0 Å². The number of anilines is 1. The molecule has 2 atom stereocenters. The van der Waals surface area contributed by atoms with Crippen molar-refractivity contribution in [3.63, 3.8) is 0 Å². The monoisotopic (exact) mass is 319 g/mol. The van der Waals surface area contributed by atoms with Gasteiger partial charge in [0.1, 0.15) is 11.9 Å². The first kappa shape index (κ1) is 17.8. The van der Waals surface area contributed by atoms with Crippen LogP contribution in [0.15, 0.2) is 18.2 Å². The van der Waals surface area contributed by atoms with E-state index in [-0.39, 0.29) is 18.1 Å². The van der Waals surface area contributed by atoms with Crippen LogP contribution < -0.4 is 15.0 Å². The average molecular weight is 319 g/mol. The number of ether oxygens (including phenoxy) is 1. The van der Waals surface area contributed by atoms with Gasteiger partial charge in [-0.25, -0.2) is 0 Å². The zero-order chi connectivity index (χ0) is 16.8. The van der Waals surface area contributed by atoms with Gasteiger partial charge in [-0.3, -0.25) is 4.79 Å². The predicted octanol–water partition coefficient (Wildman–Crippen LogP) is 2.43. The van der Waals surface area contributed by atoms with Gasteiger partial charge in [0, 0.05) is 12.8 Å². The van der Waals surface area contributed by atoms with E-state index in [2.05, 4.69) is 39.1 Å². The number of benzene rings is 1. The van der Waals surface area contributed by atoms with Gasteiger partial charge in [0.15, 0.2) is 6.04 Å². The second-order valence-electron chi connectivity index (χ2n) is 6.48. The Morgan fingerprint density at radius 2 is 2.09 bits per heavy atom. The Morgan fingerprint density at radius 3 is 2.74 bits per heavy atom. The molecular weight excluding hydrogens is 288 g/mol. The molecule has 0 fully saturated rings. The summed E-state index contributed by atoms with van der Waals surface area (Å²) in [4.78, 5) is 14.2. The van der Waals surface area contributed by atoms with Crippen LogP contribution in [-0.2, 0) is 11.2 Å². The number of carbonyl (C=O) groups excluding carboxylic acids is 1. The van der Waals surface area contributed by atoms with Crippen molar-refractivity contribution < 1.29 is 14.4 Å². The normalized spacial score (nSPS) is 17.7. The molecule has 0 aliphatic carbocycles. The van der Waals surface area contributed by atoms with Crippen molar-refractivity contribution in [3.8, 4) is 5.75 Å². The van der Waals surface area contributed by atoms with Crippen LogP contribution in [0.1, 0.15) is 52.5 Å². The summed E-state index contributed by atoms with van der Waals surface area (Å²) >= 11 is 0. The molecule has 0 unspecified atom stereocenters. The molecule has 128 valence electrons. The number of rotatable bonds is 8. The van der Waals surface area contributed by atoms with Crippen molar-refractivity contribution in [2.24, 2.45) is 0 Å². The summed E-state index contributed by atoms with van der Waals surface area (Å²) in [7, 11) is 0. The molecule has 0 spiro atoms. The van der Waals surface area contributed by atoms with E-state index in [1.54, 1.807) is 0 Å². The molecular formula is C19H31N2O2+. The molecule has 1 amide bonds. The molecule has 0 aromatic heterocycles. The summed E-state index contributed by atoms with van der Waals surface area (Å²) in [6, 6.07) is 6.04. The molecule has 23 heavy (non-hydrogen) atoms. The highest BCUT2D eigenvalue weighted by molar-refractivity contribution is 5.95. The molecule has 1 aliphatic rings. The van der Waals surface area contributed by atoms with E-state index in [0.717, 1.165) is 50.2 Å². The maximum Gasteiger partial charge on any atom is 0.282 e. The molecule has 0 saturated carbocycles. The van der Waals surface area contributed by atoms with Crippen LogP contribution in [0.2, 0.25) is 0 Å². The molecule has 1 aliphatic heterocycles. The second-order valence-corrected chi connectivity index (χ2v) is 6.48. The molecule has 1 aromatic carbocycles. The third-order valence-electron chi connectivity index (χ3n) is 4.74. The Morgan fingerprint density at radius 1 is 1.35 bits per heavy atom. The van der Waals surface area contributed by atoms with Gasteiger partial charge in [0.25, 0.3) is 5.91 Å². The van der Waals surface area contributed by atoms with Gasteiger partial charge in [-0.2, -0.15) is 0 Å². The number of para-hydroxylation sites is 1. The molecule has 1 aromatic rings. The summed E-state index contributed by atoms with van der Waals surface area (Å²) in [6.07, 6.45) is 4.24. The topological polar surface area (TPSA) is 42.8 Å². The van der Waals surface area contributed by atoms with E-state index in [9.17, 15) is 4.79 Å². The van der Waals surface area contributed by atoms with Gasteiger partial charge in [-0.1, -0.05) is 25.5 Å². The highest BCUT2D eigenvalue weighted by Gasteiger charge is 2.29. The summed E-state index contributed by atoms with van der Waals surface area (Å²) in [5.74, 6) is 0.978. The fraction of sp³-hybridized carbons (Fsp3) is 0.632. The van der Waals surface area contributed by atoms with Gasteiger partial charge in [-0.15, -0.1) is 0 Å². The van der Waals surface area contributed by atoms with Gasteiger partial charge >= 0.3 is 0 Å². The smallest absolute Gasteiger partial charge is 0.282 e. The third kappa shape index (κ3) is 4.25. The van der Waals surface area contributed by atoms with E-state index in [1.165, 1.54) is 10.5 Å². The summed E-state index contributed by atoms with van der Waals surface area (Å²) < 4.78 is 5.89. The second kappa shape index (κ2) is 8.34. The quantitative estimate of drug-likeness (QED) is 0.773. The maximum atomic E-state index is 12.9. The van der Waals surface area contributed by atoms with Crippen molar-refractivity contribution >= 4 is 11.6 Å². The Kier molecular flexibility index (Phi) is 6.46. The summed E-state index contributed by atoms with van der Waals surface area (Å²) in [5.41, 5.74) is 2.01. The number of quaternary nitrogens is 1.